The van der Waals surface area contributed by atoms with Gasteiger partial charge in [0.1, 0.15) is 11.4 Å². The maximum atomic E-state index is 10.3. The summed E-state index contributed by atoms with van der Waals surface area (Å²) in [6.45, 7) is 3.74. The van der Waals surface area contributed by atoms with E-state index < -0.39 is 0 Å². The molecule has 0 spiro atoms. The lowest BCUT2D eigenvalue weighted by molar-refractivity contribution is 0.0309. The molecule has 200 valence electrons. The van der Waals surface area contributed by atoms with Crippen LogP contribution in [0.4, 0.5) is 17.2 Å². The summed E-state index contributed by atoms with van der Waals surface area (Å²) in [4.78, 5) is 12.0. The van der Waals surface area contributed by atoms with Gasteiger partial charge in [-0.15, -0.1) is 10.2 Å². The molecule has 4 aliphatic rings. The maximum absolute atomic E-state index is 10.3. The molecule has 8 nitrogen and oxygen atoms in total. The van der Waals surface area contributed by atoms with Crippen molar-refractivity contribution in [2.24, 2.45) is 5.92 Å². The van der Waals surface area contributed by atoms with Crippen LogP contribution in [0.2, 0.25) is 0 Å². The molecule has 4 fully saturated rings. The highest BCUT2D eigenvalue weighted by Crippen LogP contribution is 2.40. The van der Waals surface area contributed by atoms with Crippen LogP contribution in [0.5, 0.6) is 5.75 Å². The van der Waals surface area contributed by atoms with Crippen LogP contribution in [-0.4, -0.2) is 69.5 Å². The minimum atomic E-state index is 0.187. The van der Waals surface area contributed by atoms with Crippen molar-refractivity contribution in [1.29, 1.82) is 0 Å². The number of para-hydroxylation sites is 1. The van der Waals surface area contributed by atoms with Gasteiger partial charge in [0.15, 0.2) is 5.82 Å². The summed E-state index contributed by atoms with van der Waals surface area (Å²) in [6.07, 6.45) is 9.61. The van der Waals surface area contributed by atoms with E-state index in [9.17, 15) is 5.11 Å². The number of aromatic hydroxyl groups is 1. The van der Waals surface area contributed by atoms with Crippen molar-refractivity contribution in [1.82, 2.24) is 20.1 Å². The van der Waals surface area contributed by atoms with E-state index >= 15 is 0 Å². The number of nitrogen functional groups attached to an aromatic ring is 1. The van der Waals surface area contributed by atoms with E-state index in [2.05, 4.69) is 53.9 Å². The minimum Gasteiger partial charge on any atom is -0.507 e. The van der Waals surface area contributed by atoms with Crippen molar-refractivity contribution < 1.29 is 5.11 Å². The fraction of sp³-hybridized carbons (Fsp3) is 0.452. The van der Waals surface area contributed by atoms with Crippen LogP contribution in [-0.2, 0) is 0 Å². The lowest BCUT2D eigenvalue weighted by atomic mass is 9.73. The van der Waals surface area contributed by atoms with Gasteiger partial charge in [-0.1, -0.05) is 18.1 Å². The topological polar surface area (TPSA) is 94.6 Å². The fourth-order valence-corrected chi connectivity index (χ4v) is 7.16. The molecule has 4 atom stereocenters. The summed E-state index contributed by atoms with van der Waals surface area (Å²) >= 11 is 0. The number of phenolic OH excluding ortho intramolecular Hbond substituents is 1. The van der Waals surface area contributed by atoms with Gasteiger partial charge in [0.2, 0.25) is 0 Å². The number of nitrogens with two attached hydrogens (primary N) is 1. The molecule has 7 rings (SSSR count). The zero-order valence-corrected chi connectivity index (χ0v) is 22.2. The number of nitrogens with zero attached hydrogens (tertiary/aromatic N) is 6. The number of benzene rings is 1. The molecular weight excluding hydrogens is 486 g/mol. The summed E-state index contributed by atoms with van der Waals surface area (Å²) < 4.78 is 0. The third kappa shape index (κ3) is 4.55. The first-order valence-corrected chi connectivity index (χ1v) is 14.3. The van der Waals surface area contributed by atoms with Crippen molar-refractivity contribution in [2.75, 3.05) is 41.7 Å². The number of piperidine rings is 1. The maximum Gasteiger partial charge on any atom is 0.169 e. The van der Waals surface area contributed by atoms with E-state index in [0.717, 1.165) is 55.8 Å². The Hall–Kier alpha value is -3.83. The Bertz CT molecular complexity index is 1420. The minimum absolute atomic E-state index is 0.187. The molecular formula is C31H35N7O. The highest BCUT2D eigenvalue weighted by Gasteiger charge is 2.41. The average Bonchev–Trinajstić information content (AvgIpc) is 3.20. The molecule has 8 heteroatoms. The van der Waals surface area contributed by atoms with Crippen LogP contribution < -0.4 is 15.5 Å². The molecule has 3 aliphatic heterocycles. The quantitative estimate of drug-likeness (QED) is 0.499. The van der Waals surface area contributed by atoms with E-state index in [4.69, 9.17) is 5.73 Å². The number of hydrogen-bond acceptors (Lipinski definition) is 8. The predicted molar refractivity (Wildman–Crippen MR) is 153 cm³/mol. The Morgan fingerprint density at radius 2 is 1.82 bits per heavy atom. The van der Waals surface area contributed by atoms with Crippen molar-refractivity contribution in [3.8, 4) is 28.8 Å². The van der Waals surface area contributed by atoms with E-state index in [1.807, 2.05) is 24.4 Å². The molecule has 1 aromatic carbocycles. The smallest absolute Gasteiger partial charge is 0.169 e. The van der Waals surface area contributed by atoms with Crippen LogP contribution in [0.25, 0.3) is 11.3 Å². The molecule has 1 saturated carbocycles. The number of rotatable bonds is 4. The van der Waals surface area contributed by atoms with Crippen molar-refractivity contribution in [3.05, 3.63) is 54.4 Å². The van der Waals surface area contributed by atoms with E-state index in [0.29, 0.717) is 29.2 Å². The highest BCUT2D eigenvalue weighted by atomic mass is 16.3. The van der Waals surface area contributed by atoms with Crippen molar-refractivity contribution in [2.45, 2.75) is 56.7 Å². The Labute approximate surface area is 229 Å². The molecule has 3 saturated heterocycles. The number of aromatic nitrogens is 3. The Morgan fingerprint density at radius 3 is 2.62 bits per heavy atom. The second-order valence-corrected chi connectivity index (χ2v) is 11.4. The lowest BCUT2D eigenvalue weighted by Gasteiger charge is -2.47. The van der Waals surface area contributed by atoms with E-state index in [-0.39, 0.29) is 5.75 Å². The number of likely N-dealkylation sites (tertiary alicyclic amines) is 1. The SMILES string of the molecule is Nc1nnc(-c2ccccc2O)cc1N1CC2CCC(C1)N2c1ccnc(C#CCN2CCC[C@@H]3CC[C@@H]32)c1. The van der Waals surface area contributed by atoms with Crippen LogP contribution in [0.1, 0.15) is 44.2 Å². The van der Waals surface area contributed by atoms with Gasteiger partial charge in [0.25, 0.3) is 0 Å². The third-order valence-corrected chi connectivity index (χ3v) is 9.21. The van der Waals surface area contributed by atoms with Crippen molar-refractivity contribution >= 4 is 17.2 Å². The van der Waals surface area contributed by atoms with Gasteiger partial charge in [-0.2, -0.15) is 0 Å². The summed E-state index contributed by atoms with van der Waals surface area (Å²) in [5, 5.41) is 18.8. The largest absolute Gasteiger partial charge is 0.507 e. The number of pyridine rings is 1. The molecule has 0 amide bonds. The predicted octanol–water partition coefficient (Wildman–Crippen LogP) is 3.91. The number of phenols is 1. The van der Waals surface area contributed by atoms with Crippen molar-refractivity contribution in [3.63, 3.8) is 0 Å². The van der Waals surface area contributed by atoms with Gasteiger partial charge >= 0.3 is 0 Å². The lowest BCUT2D eigenvalue weighted by Crippen LogP contribution is -2.54. The van der Waals surface area contributed by atoms with E-state index in [1.165, 1.54) is 37.9 Å². The molecule has 5 heterocycles. The van der Waals surface area contributed by atoms with Crippen LogP contribution in [0, 0.1) is 17.8 Å². The number of hydrogen-bond donors (Lipinski definition) is 2. The first kappa shape index (κ1) is 24.2. The second-order valence-electron chi connectivity index (χ2n) is 11.4. The fourth-order valence-electron chi connectivity index (χ4n) is 7.16. The summed E-state index contributed by atoms with van der Waals surface area (Å²) in [5.41, 5.74) is 10.5. The average molecular weight is 522 g/mol. The second kappa shape index (κ2) is 10.0. The van der Waals surface area contributed by atoms with Gasteiger partial charge in [-0.25, -0.2) is 4.98 Å². The zero-order chi connectivity index (χ0) is 26.3. The standard InChI is InChI=1S/C31H35N7O/c32-31-29(18-27(34-35-31)26-7-1-2-8-30(26)39)37-19-24-10-11-25(20-37)38(24)23-13-14-33-22(17-23)6-4-16-36-15-3-5-21-9-12-28(21)36/h1-2,7-8,13-14,17-18,21,24-25,28,39H,3,5,9-12,15-16,19-20H2,(H2,32,35)/t21-,24?,25?,28+/m1/s1. The summed E-state index contributed by atoms with van der Waals surface area (Å²) in [5.74, 6) is 8.30. The molecule has 2 unspecified atom stereocenters. The van der Waals surface area contributed by atoms with Crippen LogP contribution in [0.15, 0.2) is 48.7 Å². The molecule has 3 aromatic rings. The van der Waals surface area contributed by atoms with Gasteiger partial charge < -0.3 is 20.6 Å². The monoisotopic (exact) mass is 521 g/mol. The molecule has 1 aliphatic carbocycles. The molecule has 0 radical (unpaired) electrons. The molecule has 39 heavy (non-hydrogen) atoms. The van der Waals surface area contributed by atoms with Gasteiger partial charge in [0.05, 0.1) is 17.9 Å². The molecule has 2 bridgehead atoms. The highest BCUT2D eigenvalue weighted by molar-refractivity contribution is 5.74. The third-order valence-electron chi connectivity index (χ3n) is 9.21. The van der Waals surface area contributed by atoms with Gasteiger partial charge in [-0.05, 0) is 87.2 Å². The number of anilines is 3. The first-order valence-electron chi connectivity index (χ1n) is 14.3. The Kier molecular flexibility index (Phi) is 6.24. The summed E-state index contributed by atoms with van der Waals surface area (Å²) in [7, 11) is 0. The first-order chi connectivity index (χ1) is 19.1. The van der Waals surface area contributed by atoms with Gasteiger partial charge in [0, 0.05) is 48.7 Å². The van der Waals surface area contributed by atoms with Crippen LogP contribution >= 0.6 is 0 Å². The Morgan fingerprint density at radius 1 is 0.974 bits per heavy atom. The molecule has 2 aromatic heterocycles. The Balaban J connectivity index is 1.07. The van der Waals surface area contributed by atoms with Gasteiger partial charge in [-0.3, -0.25) is 4.90 Å². The number of fused-ring (bicyclic) bond motifs is 3. The summed E-state index contributed by atoms with van der Waals surface area (Å²) in [6, 6.07) is 14.9. The zero-order valence-electron chi connectivity index (χ0n) is 22.2. The van der Waals surface area contributed by atoms with Crippen LogP contribution in [0.3, 0.4) is 0 Å². The number of piperazine rings is 1. The normalized spacial score (nSPS) is 25.9. The molecule has 3 N–H and O–H groups in total. The van der Waals surface area contributed by atoms with E-state index in [1.54, 1.807) is 12.1 Å².